The molecule has 0 fully saturated rings. The van der Waals surface area contributed by atoms with Gasteiger partial charge in [-0.25, -0.2) is 0 Å². The van der Waals surface area contributed by atoms with Gasteiger partial charge in [-0.05, 0) is 56.4 Å². The van der Waals surface area contributed by atoms with Crippen LogP contribution in [0.3, 0.4) is 0 Å². The minimum Gasteiger partial charge on any atom is -0.489 e. The molecule has 0 aliphatic carbocycles. The molecule has 3 N–H and O–H groups in total. The zero-order chi connectivity index (χ0) is 28.8. The van der Waals surface area contributed by atoms with Crippen LogP contribution in [-0.4, -0.2) is 68.0 Å². The fourth-order valence-corrected chi connectivity index (χ4v) is 4.14. The maximum Gasteiger partial charge on any atom is 0.240 e. The summed E-state index contributed by atoms with van der Waals surface area (Å²) in [6.45, 7) is 8.87. The second-order valence-electron chi connectivity index (χ2n) is 10.0. The summed E-state index contributed by atoms with van der Waals surface area (Å²) in [6, 6.07) is 15.2. The van der Waals surface area contributed by atoms with Crippen molar-refractivity contribution in [3.05, 3.63) is 64.7 Å². The number of para-hydroxylation sites is 1. The van der Waals surface area contributed by atoms with Crippen molar-refractivity contribution in [1.29, 1.82) is 0 Å². The van der Waals surface area contributed by atoms with Gasteiger partial charge in [-0.1, -0.05) is 67.8 Å². The summed E-state index contributed by atoms with van der Waals surface area (Å²) in [4.78, 5) is 38.6. The van der Waals surface area contributed by atoms with Gasteiger partial charge in [0, 0.05) is 25.2 Å². The van der Waals surface area contributed by atoms with Crippen LogP contribution in [0.2, 0.25) is 5.02 Å². The van der Waals surface area contributed by atoms with Crippen LogP contribution in [0, 0.1) is 12.8 Å². The number of aryl methyl sites for hydroxylation is 2. The van der Waals surface area contributed by atoms with E-state index in [1.54, 1.807) is 7.05 Å². The highest BCUT2D eigenvalue weighted by Gasteiger charge is 2.28. The molecule has 2 aromatic carbocycles. The molecular formula is C30H43ClN4O4. The van der Waals surface area contributed by atoms with Crippen molar-refractivity contribution in [2.45, 2.75) is 59.1 Å². The van der Waals surface area contributed by atoms with Crippen molar-refractivity contribution < 1.29 is 19.1 Å². The molecule has 39 heavy (non-hydrogen) atoms. The van der Waals surface area contributed by atoms with Crippen LogP contribution < -0.4 is 20.7 Å². The molecule has 3 amide bonds. The quantitative estimate of drug-likeness (QED) is 0.521. The summed E-state index contributed by atoms with van der Waals surface area (Å²) in [7, 11) is 1.60. The lowest BCUT2D eigenvalue weighted by molar-refractivity contribution is -0.137. The monoisotopic (exact) mass is 558 g/mol. The number of carbonyl (C=O) groups is 3. The number of likely N-dealkylation sites (N-methyl/N-ethyl adjacent to an activating group) is 1. The van der Waals surface area contributed by atoms with E-state index in [1.807, 2.05) is 76.2 Å². The standard InChI is InChI=1S/C23H36N4O4.C7H7Cl/c1-5-16(2)22-23(30)27(4)15-21(29)25-14-20(28)24-12-8-10-18-9-6-7-11-19(18)31-17(3)13-26-22;1-6-2-4-7(8)5-3-6/h6-7,9,11,16-17,22,26H,5,8,10,12-15H2,1-4H3,(H,24,28)(H,25,29);2-5H,1H3/t16?,17-,22?;/m1./s1. The van der Waals surface area contributed by atoms with E-state index in [4.69, 9.17) is 16.3 Å². The number of nitrogens with one attached hydrogen (secondary N) is 3. The van der Waals surface area contributed by atoms with Gasteiger partial charge >= 0.3 is 0 Å². The first kappa shape index (κ1) is 32.1. The zero-order valence-electron chi connectivity index (χ0n) is 23.8. The van der Waals surface area contributed by atoms with E-state index in [0.717, 1.165) is 35.6 Å². The number of rotatable bonds is 2. The Morgan fingerprint density at radius 2 is 1.74 bits per heavy atom. The van der Waals surface area contributed by atoms with Gasteiger partial charge < -0.3 is 25.6 Å². The first-order valence-electron chi connectivity index (χ1n) is 13.6. The average Bonchev–Trinajstić information content (AvgIpc) is 2.92. The zero-order valence-corrected chi connectivity index (χ0v) is 24.5. The number of halogens is 1. The summed E-state index contributed by atoms with van der Waals surface area (Å²) in [5.74, 6) is 0.151. The van der Waals surface area contributed by atoms with E-state index in [2.05, 4.69) is 16.0 Å². The van der Waals surface area contributed by atoms with Crippen molar-refractivity contribution in [2.75, 3.05) is 33.2 Å². The molecule has 3 atom stereocenters. The maximum atomic E-state index is 13.0. The second-order valence-corrected chi connectivity index (χ2v) is 10.5. The predicted octanol–water partition coefficient (Wildman–Crippen LogP) is 3.74. The van der Waals surface area contributed by atoms with Crippen LogP contribution in [0.4, 0.5) is 0 Å². The van der Waals surface area contributed by atoms with Gasteiger partial charge in [-0.15, -0.1) is 0 Å². The van der Waals surface area contributed by atoms with Crippen LogP contribution in [-0.2, 0) is 20.8 Å². The molecule has 0 saturated carbocycles. The number of carbonyl (C=O) groups excluding carboxylic acids is 3. The summed E-state index contributed by atoms with van der Waals surface area (Å²) in [5.41, 5.74) is 2.32. The Labute approximate surface area is 237 Å². The lowest BCUT2D eigenvalue weighted by atomic mass is 9.97. The van der Waals surface area contributed by atoms with Gasteiger partial charge in [0.05, 0.1) is 19.1 Å². The highest BCUT2D eigenvalue weighted by molar-refractivity contribution is 6.30. The van der Waals surface area contributed by atoms with Crippen molar-refractivity contribution in [3.8, 4) is 5.75 Å². The molecule has 8 nitrogen and oxygen atoms in total. The van der Waals surface area contributed by atoms with Gasteiger partial charge in [-0.3, -0.25) is 14.4 Å². The van der Waals surface area contributed by atoms with Gasteiger partial charge in [0.2, 0.25) is 17.7 Å². The van der Waals surface area contributed by atoms with Crippen molar-refractivity contribution in [3.63, 3.8) is 0 Å². The fourth-order valence-electron chi connectivity index (χ4n) is 4.01. The Hall–Kier alpha value is -3.10. The Kier molecular flexibility index (Phi) is 13.8. The first-order chi connectivity index (χ1) is 18.6. The largest absolute Gasteiger partial charge is 0.489 e. The molecule has 0 radical (unpaired) electrons. The Morgan fingerprint density at radius 1 is 1.05 bits per heavy atom. The third-order valence-corrected chi connectivity index (χ3v) is 6.82. The number of amides is 3. The third-order valence-electron chi connectivity index (χ3n) is 6.56. The molecule has 1 aliphatic heterocycles. The second kappa shape index (κ2) is 16.8. The fraction of sp³-hybridized carbons (Fsp3) is 0.500. The smallest absolute Gasteiger partial charge is 0.240 e. The molecule has 3 rings (SSSR count). The molecule has 0 saturated heterocycles. The van der Waals surface area contributed by atoms with Gasteiger partial charge in [0.25, 0.3) is 0 Å². The minimum absolute atomic E-state index is 0.0915. The van der Waals surface area contributed by atoms with Crippen LogP contribution in [0.25, 0.3) is 0 Å². The lowest BCUT2D eigenvalue weighted by Crippen LogP contribution is -2.52. The van der Waals surface area contributed by atoms with Gasteiger partial charge in [-0.2, -0.15) is 0 Å². The molecule has 2 aromatic rings. The van der Waals surface area contributed by atoms with E-state index < -0.39 is 6.04 Å². The first-order valence-corrected chi connectivity index (χ1v) is 14.0. The van der Waals surface area contributed by atoms with E-state index in [9.17, 15) is 14.4 Å². The summed E-state index contributed by atoms with van der Waals surface area (Å²) < 4.78 is 6.16. The summed E-state index contributed by atoms with van der Waals surface area (Å²) >= 11 is 5.61. The molecular weight excluding hydrogens is 516 g/mol. The maximum absolute atomic E-state index is 13.0. The van der Waals surface area contributed by atoms with E-state index in [1.165, 1.54) is 10.5 Å². The summed E-state index contributed by atoms with van der Waals surface area (Å²) in [6.07, 6.45) is 2.20. The molecule has 0 spiro atoms. The number of hydrogen-bond acceptors (Lipinski definition) is 5. The van der Waals surface area contributed by atoms with Crippen LogP contribution in [0.5, 0.6) is 5.75 Å². The van der Waals surface area contributed by atoms with Gasteiger partial charge in [0.15, 0.2) is 0 Å². The Morgan fingerprint density at radius 3 is 2.41 bits per heavy atom. The van der Waals surface area contributed by atoms with Crippen molar-refractivity contribution in [1.82, 2.24) is 20.9 Å². The molecule has 9 heteroatoms. The average molecular weight is 559 g/mol. The summed E-state index contributed by atoms with van der Waals surface area (Å²) in [5, 5.41) is 9.54. The predicted molar refractivity (Wildman–Crippen MR) is 156 cm³/mol. The van der Waals surface area contributed by atoms with Crippen LogP contribution in [0.15, 0.2) is 48.5 Å². The minimum atomic E-state index is -0.425. The SMILES string of the molecule is CCC(C)C1NC[C@@H](C)Oc2ccccc2CCCNC(=O)CNC(=O)CN(C)C1=O.Cc1ccc(Cl)cc1. The number of ether oxygens (including phenoxy) is 1. The lowest BCUT2D eigenvalue weighted by Gasteiger charge is -2.29. The van der Waals surface area contributed by atoms with E-state index in [0.29, 0.717) is 13.1 Å². The van der Waals surface area contributed by atoms with E-state index >= 15 is 0 Å². The number of hydrogen-bond donors (Lipinski definition) is 3. The molecule has 1 heterocycles. The molecule has 0 aromatic heterocycles. The molecule has 1 aliphatic rings. The Bertz CT molecular complexity index is 1040. The number of benzene rings is 2. The molecule has 214 valence electrons. The molecule has 2 unspecified atom stereocenters. The highest BCUT2D eigenvalue weighted by atomic mass is 35.5. The third kappa shape index (κ3) is 11.7. The van der Waals surface area contributed by atoms with Crippen molar-refractivity contribution in [2.24, 2.45) is 5.92 Å². The normalized spacial score (nSPS) is 20.6. The topological polar surface area (TPSA) is 99.8 Å². The Balaban J connectivity index is 0.000000568. The number of nitrogens with zero attached hydrogens (tertiary/aromatic N) is 1. The number of fused-ring (bicyclic) bond motifs is 1. The van der Waals surface area contributed by atoms with E-state index in [-0.39, 0.29) is 42.8 Å². The van der Waals surface area contributed by atoms with Crippen molar-refractivity contribution >= 4 is 29.3 Å². The van der Waals surface area contributed by atoms with Crippen LogP contribution in [0.1, 0.15) is 44.7 Å². The molecule has 0 bridgehead atoms. The van der Waals surface area contributed by atoms with Gasteiger partial charge in [0.1, 0.15) is 11.9 Å². The highest BCUT2D eigenvalue weighted by Crippen LogP contribution is 2.21. The van der Waals surface area contributed by atoms with Crippen LogP contribution >= 0.6 is 11.6 Å².